The van der Waals surface area contributed by atoms with Crippen LogP contribution < -0.4 is 81.4 Å². The Balaban J connectivity index is 1.20. The minimum absolute atomic E-state index is 0.00661. The van der Waals surface area contributed by atoms with E-state index in [1.54, 1.807) is 105 Å². The van der Waals surface area contributed by atoms with Crippen LogP contribution in [0.25, 0.3) is 21.8 Å². The highest BCUT2D eigenvalue weighted by Gasteiger charge is 2.44. The minimum Gasteiger partial charge on any atom is -0.370 e. The number of hydrogen-bond donors (Lipinski definition) is 19. The number of fused-ring (bicyclic) bond motifs is 3. The van der Waals surface area contributed by atoms with Crippen LogP contribution in [0.15, 0.2) is 104 Å². The Morgan fingerprint density at radius 3 is 1.63 bits per heavy atom. The van der Waals surface area contributed by atoms with E-state index < -0.39 is 228 Å². The Hall–Kier alpha value is -14.0. The molecular formula is C90H127N25O18S. The SMILES string of the molecule is CCCC[C@H]1C(=O)N(C)[C@@H](CCCC)C(=O)N[C@@H](CCCNC(=N)N)C(=O)N[C@H](C(=O)NCC(N)=O)CSCC(=O)N[C@@H](Cc2ccccc2)C(=O)N(C)[C@@H](C)C(=O)N[C@@H](CC(N)=O)C(=O)N2CCC[C@H]2C(=O)N[C@@H](Cc2cnc[nH]2)C(=O)N[C@@H](CC(C)C)C(=O)N(C)CC(=O)N[C@@H](Cc2c[nH]c3ccccc23)C(=O)N[C@H](CC(N)=O)C(=O)N[C@@H](Cc2c[nH]c3ccccc23)C(=O)N1C. The van der Waals surface area contributed by atoms with Gasteiger partial charge in [-0.2, -0.15) is 0 Å². The van der Waals surface area contributed by atoms with Gasteiger partial charge in [0.15, 0.2) is 5.96 Å². The van der Waals surface area contributed by atoms with Gasteiger partial charge in [-0.05, 0) is 86.6 Å². The van der Waals surface area contributed by atoms with Gasteiger partial charge >= 0.3 is 0 Å². The molecule has 726 valence electrons. The fraction of sp³-hybridized carbons (Fsp3) is 0.511. The number of unbranched alkanes of at least 4 members (excludes halogenated alkanes) is 2. The molecule has 13 atom stereocenters. The second-order valence-electron chi connectivity index (χ2n) is 34.1. The predicted molar refractivity (Wildman–Crippen MR) is 496 cm³/mol. The maximum atomic E-state index is 15.8. The summed E-state index contributed by atoms with van der Waals surface area (Å²) in [6.45, 7) is 6.92. The summed E-state index contributed by atoms with van der Waals surface area (Å²) in [6.07, 6.45) is 4.83. The van der Waals surface area contributed by atoms with Gasteiger partial charge in [0, 0.05) is 119 Å². The first-order valence-corrected chi connectivity index (χ1v) is 45.9. The van der Waals surface area contributed by atoms with Crippen molar-refractivity contribution in [2.75, 3.05) is 65.9 Å². The number of hydrogen-bond acceptors (Lipinski definition) is 21. The second-order valence-corrected chi connectivity index (χ2v) is 35.2. The van der Waals surface area contributed by atoms with E-state index in [0.717, 1.165) is 36.3 Å². The molecule has 2 saturated heterocycles. The number of nitrogens with two attached hydrogens (primary N) is 4. The summed E-state index contributed by atoms with van der Waals surface area (Å²) in [7, 11) is 5.21. The van der Waals surface area contributed by atoms with Crippen LogP contribution in [0.5, 0.6) is 0 Å². The molecule has 44 heteroatoms. The van der Waals surface area contributed by atoms with Crippen molar-refractivity contribution >= 4 is 146 Å². The topological polar surface area (TPSA) is 644 Å². The van der Waals surface area contributed by atoms with Gasteiger partial charge in [-0.3, -0.25) is 91.7 Å². The summed E-state index contributed by atoms with van der Waals surface area (Å²) in [6, 6.07) is 2.52. The number of guanidine groups is 1. The minimum atomic E-state index is -1.89. The second kappa shape index (κ2) is 51.2. The Morgan fingerprint density at radius 2 is 1.03 bits per heavy atom. The molecular weight excluding hydrogens is 1750 g/mol. The van der Waals surface area contributed by atoms with E-state index >= 15 is 24.0 Å². The highest BCUT2D eigenvalue weighted by molar-refractivity contribution is 8.00. The smallest absolute Gasteiger partial charge is 0.246 e. The van der Waals surface area contributed by atoms with Crippen LogP contribution in [-0.4, -0.2) is 301 Å². The average molecular weight is 1880 g/mol. The number of amides is 18. The normalized spacial score (nSPS) is 23.3. The number of H-pyrrole nitrogens is 3. The van der Waals surface area contributed by atoms with Gasteiger partial charge in [-0.25, -0.2) is 4.98 Å². The van der Waals surface area contributed by atoms with E-state index in [9.17, 15) is 62.3 Å². The van der Waals surface area contributed by atoms with Crippen molar-refractivity contribution in [3.05, 3.63) is 126 Å². The zero-order valence-corrected chi connectivity index (χ0v) is 77.7. The molecule has 43 nitrogen and oxygen atoms in total. The van der Waals surface area contributed by atoms with Crippen molar-refractivity contribution in [2.24, 2.45) is 28.9 Å². The fourth-order valence-electron chi connectivity index (χ4n) is 16.0. The molecule has 23 N–H and O–H groups in total. The number of likely N-dealkylation sites (N-methyl/N-ethyl adjacent to an activating group) is 4. The maximum Gasteiger partial charge on any atom is 0.246 e. The van der Waals surface area contributed by atoms with E-state index in [2.05, 4.69) is 78.4 Å². The molecule has 5 heterocycles. The third-order valence-corrected chi connectivity index (χ3v) is 24.4. The monoisotopic (exact) mass is 1880 g/mol. The van der Waals surface area contributed by atoms with Gasteiger partial charge in [0.1, 0.15) is 78.5 Å². The zero-order valence-electron chi connectivity index (χ0n) is 76.9. The number of benzene rings is 3. The molecule has 0 aliphatic carbocycles. The highest BCUT2D eigenvalue weighted by Crippen LogP contribution is 2.26. The first-order chi connectivity index (χ1) is 63.8. The first kappa shape index (κ1) is 105. The van der Waals surface area contributed by atoms with Gasteiger partial charge in [0.2, 0.25) is 106 Å². The van der Waals surface area contributed by atoms with E-state index in [4.69, 9.17) is 28.3 Å². The quantitative estimate of drug-likeness (QED) is 0.0147. The van der Waals surface area contributed by atoms with Crippen LogP contribution in [0.3, 0.4) is 0 Å². The standard InChI is InChI=1S/C90H127N25O18S/c1-10-12-30-69-83(127)104-60(29-21-33-97-90(94)95)79(123)110-68(78(122)100-45-74(93)118)47-134-48-76(120)103-65(36-52-23-15-14-16-24-52)86(130)112(7)51(5)77(121)107-67(41-73(92)117)88(132)115-34-22-32-70(115)84(128)106-62(39-55-44-96-49-101-55)81(125)108-64(35-50(3)4)85(129)111(6)46-75(119)102-61(37-53-42-98-58-27-19-17-25-56(53)58)80(124)105-63(40-72(91)116)82(126)109-66(38-54-43-99-59-28-20-18-26-57(54)59)87(131)114(9)71(31-13-11-2)89(133)113(69)8/h14-20,23-28,42-44,49-51,60-71,98-99H,10-13,21-22,29-41,45-48H2,1-9H3,(H2,91,116)(H2,92,117)(H2,93,118)(H,96,101)(H,100,122)(H,102,119)(H,103,120)(H,104,127)(H,105,124)(H,106,128)(H,107,121)(H,108,125)(H,109,126)(H,110,123)(H4,94,95,97)/t51-,60-,61-,62-,63+,64-,65-,66-,67-,68-,69-,70-,71-/m0/s1. The molecule has 0 spiro atoms. The molecule has 3 aromatic carbocycles. The van der Waals surface area contributed by atoms with Gasteiger partial charge in [-0.15, -0.1) is 11.8 Å². The van der Waals surface area contributed by atoms with Crippen molar-refractivity contribution in [2.45, 2.75) is 222 Å². The van der Waals surface area contributed by atoms with E-state index in [-0.39, 0.29) is 89.6 Å². The number of primary amides is 3. The number of carbonyl (C=O) groups is 18. The molecule has 8 rings (SSSR count). The molecule has 0 bridgehead atoms. The van der Waals surface area contributed by atoms with Crippen molar-refractivity contribution < 1.29 is 86.3 Å². The Bertz CT molecular complexity index is 5160. The van der Waals surface area contributed by atoms with Crippen LogP contribution in [-0.2, 0) is 112 Å². The summed E-state index contributed by atoms with van der Waals surface area (Å²) in [5.74, 6) is -18.5. The van der Waals surface area contributed by atoms with E-state index in [0.29, 0.717) is 69.9 Å². The van der Waals surface area contributed by atoms with Gasteiger partial charge < -0.3 is 121 Å². The number of nitrogens with one attached hydrogen (secondary N) is 15. The molecule has 134 heavy (non-hydrogen) atoms. The van der Waals surface area contributed by atoms with Crippen molar-refractivity contribution in [3.63, 3.8) is 0 Å². The number of thioether (sulfide) groups is 1. The largest absolute Gasteiger partial charge is 0.370 e. The number of nitrogens with zero attached hydrogens (tertiary/aromatic N) is 6. The van der Waals surface area contributed by atoms with Crippen molar-refractivity contribution in [3.8, 4) is 0 Å². The van der Waals surface area contributed by atoms with Crippen LogP contribution >= 0.6 is 11.8 Å². The van der Waals surface area contributed by atoms with Crippen LogP contribution in [0, 0.1) is 11.3 Å². The molecule has 3 aromatic heterocycles. The Labute approximate surface area is 779 Å². The molecule has 2 aliphatic rings. The molecule has 0 radical (unpaired) electrons. The van der Waals surface area contributed by atoms with Gasteiger partial charge in [0.25, 0.3) is 0 Å². The van der Waals surface area contributed by atoms with Gasteiger partial charge in [0.05, 0.1) is 38.0 Å². The van der Waals surface area contributed by atoms with E-state index in [1.807, 2.05) is 13.8 Å². The Kier molecular flexibility index (Phi) is 40.2. The first-order valence-electron chi connectivity index (χ1n) is 44.7. The van der Waals surface area contributed by atoms with Crippen molar-refractivity contribution in [1.82, 2.24) is 103 Å². The summed E-state index contributed by atoms with van der Waals surface area (Å²) >= 11 is 0.789. The number of imidazole rings is 1. The number of carbonyl (C=O) groups excluding carboxylic acids is 18. The summed E-state index contributed by atoms with van der Waals surface area (Å²) in [5, 5.41) is 38.2. The lowest BCUT2D eigenvalue weighted by Gasteiger charge is -2.36. The highest BCUT2D eigenvalue weighted by atomic mass is 32.2. The zero-order chi connectivity index (χ0) is 98.2. The third kappa shape index (κ3) is 30.8. The Morgan fingerprint density at radius 1 is 0.507 bits per heavy atom. The average Bonchev–Trinajstić information content (AvgIpc) is 1.46. The molecule has 2 aliphatic heterocycles. The molecule has 0 saturated carbocycles. The number of aromatic nitrogens is 4. The molecule has 6 aromatic rings. The van der Waals surface area contributed by atoms with E-state index in [1.165, 1.54) is 47.6 Å². The summed E-state index contributed by atoms with van der Waals surface area (Å²) < 4.78 is 0. The maximum absolute atomic E-state index is 15.8. The lowest BCUT2D eigenvalue weighted by molar-refractivity contribution is -0.149. The van der Waals surface area contributed by atoms with Gasteiger partial charge in [-0.1, -0.05) is 120 Å². The van der Waals surface area contributed by atoms with Crippen LogP contribution in [0.4, 0.5) is 0 Å². The lowest BCUT2D eigenvalue weighted by Crippen LogP contribution is -2.61. The molecule has 18 amide bonds. The fourth-order valence-corrected chi connectivity index (χ4v) is 16.9. The number of rotatable bonds is 27. The summed E-state index contributed by atoms with van der Waals surface area (Å²) in [4.78, 5) is 281. The number of para-hydroxylation sites is 2. The number of aromatic amines is 3. The molecule has 2 fully saturated rings. The van der Waals surface area contributed by atoms with Crippen molar-refractivity contribution in [1.29, 1.82) is 5.41 Å². The third-order valence-electron chi connectivity index (χ3n) is 23.4. The van der Waals surface area contributed by atoms with Crippen LogP contribution in [0.2, 0.25) is 0 Å². The van der Waals surface area contributed by atoms with Crippen LogP contribution in [0.1, 0.15) is 140 Å². The lowest BCUT2D eigenvalue weighted by atomic mass is 9.99. The summed E-state index contributed by atoms with van der Waals surface area (Å²) in [5.41, 5.74) is 25.8. The predicted octanol–water partition coefficient (Wildman–Crippen LogP) is -2.25. The molecule has 0 unspecified atom stereocenters.